The summed E-state index contributed by atoms with van der Waals surface area (Å²) in [6, 6.07) is 0. The second kappa shape index (κ2) is 8.45. The van der Waals surface area contributed by atoms with Gasteiger partial charge in [0.05, 0.1) is 11.1 Å². The normalized spacial score (nSPS) is 16.8. The fourth-order valence-electron chi connectivity index (χ4n) is 2.67. The van der Waals surface area contributed by atoms with Crippen molar-refractivity contribution in [2.24, 2.45) is 10.2 Å². The Bertz CT molecular complexity index is 523. The van der Waals surface area contributed by atoms with Crippen LogP contribution in [0.15, 0.2) is 10.2 Å². The molecule has 26 heavy (non-hydrogen) atoms. The van der Waals surface area contributed by atoms with Crippen molar-refractivity contribution < 1.29 is 9.59 Å². The molecule has 0 aromatic rings. The van der Waals surface area contributed by atoms with E-state index in [0.29, 0.717) is 38.5 Å². The predicted molar refractivity (Wildman–Crippen MR) is 99.1 cm³/mol. The van der Waals surface area contributed by atoms with Crippen molar-refractivity contribution in [2.75, 3.05) is 0 Å². The Kier molecular flexibility index (Phi) is 6.54. The largest absolute Gasteiger partial charge is 0.300 e. The Morgan fingerprint density at radius 3 is 1.46 bits per heavy atom. The second-order valence-electron chi connectivity index (χ2n) is 7.88. The Hall–Kier alpha value is -2.20. The summed E-state index contributed by atoms with van der Waals surface area (Å²) in [6.07, 6.45) is 6.17. The van der Waals surface area contributed by atoms with Crippen LogP contribution in [0.25, 0.3) is 0 Å². The van der Waals surface area contributed by atoms with Crippen molar-refractivity contribution in [2.45, 2.75) is 77.3 Å². The van der Waals surface area contributed by atoms with Crippen LogP contribution in [0.2, 0.25) is 0 Å². The minimum absolute atomic E-state index is 0.118. The summed E-state index contributed by atoms with van der Waals surface area (Å²) in [5, 5.41) is 11.4. The number of Topliss-reactive ketones (excluding diaryl/α,β-unsaturated/α-hetero) is 2. The summed E-state index contributed by atoms with van der Waals surface area (Å²) in [5.41, 5.74) is 10.6. The number of hydrogen-bond acceptors (Lipinski definition) is 10. The van der Waals surface area contributed by atoms with Gasteiger partial charge in [-0.25, -0.2) is 11.1 Å². The van der Waals surface area contributed by atoms with Crippen LogP contribution in [0.3, 0.4) is 0 Å². The highest BCUT2D eigenvalue weighted by atomic mass is 16.1. The maximum atomic E-state index is 12.1. The minimum atomic E-state index is -0.241. The van der Waals surface area contributed by atoms with E-state index in [1.165, 1.54) is 0 Å². The zero-order chi connectivity index (χ0) is 19.2. The number of nitrogens with zero attached hydrogens (tertiary/aromatic N) is 4. The van der Waals surface area contributed by atoms with E-state index >= 15 is 0 Å². The molecule has 2 rings (SSSR count). The average Bonchev–Trinajstić information content (AvgIpc) is 3.30. The lowest BCUT2D eigenvalue weighted by Crippen LogP contribution is -2.51. The maximum absolute atomic E-state index is 12.1. The topological polar surface area (TPSA) is 113 Å². The molecule has 0 amide bonds. The van der Waals surface area contributed by atoms with Gasteiger partial charge in [0.1, 0.15) is 24.2 Å². The SMILES string of the molecule is CC(C)(CCC(=O)CCC(=O)CCC(C)(C)N1C=NNN1)N1C=NNN1. The van der Waals surface area contributed by atoms with E-state index in [1.54, 1.807) is 12.7 Å². The average molecular weight is 366 g/mol. The molecule has 4 N–H and O–H groups in total. The molecule has 146 valence electrons. The maximum Gasteiger partial charge on any atom is 0.133 e. The first-order chi connectivity index (χ1) is 12.2. The summed E-state index contributed by atoms with van der Waals surface area (Å²) >= 11 is 0. The van der Waals surface area contributed by atoms with Gasteiger partial charge in [0.15, 0.2) is 0 Å². The second-order valence-corrected chi connectivity index (χ2v) is 7.88. The van der Waals surface area contributed by atoms with Crippen LogP contribution >= 0.6 is 0 Å². The lowest BCUT2D eigenvalue weighted by Gasteiger charge is -2.33. The third-order valence-corrected chi connectivity index (χ3v) is 4.83. The summed E-state index contributed by atoms with van der Waals surface area (Å²) < 4.78 is 0. The Labute approximate surface area is 154 Å². The lowest BCUT2D eigenvalue weighted by atomic mass is 9.93. The molecular formula is C16H30N8O2. The summed E-state index contributed by atoms with van der Waals surface area (Å²) in [4.78, 5) is 24.3. The number of rotatable bonds is 11. The van der Waals surface area contributed by atoms with Crippen LogP contribution < -0.4 is 22.1 Å². The number of ketones is 2. The monoisotopic (exact) mass is 366 g/mol. The van der Waals surface area contributed by atoms with Crippen molar-refractivity contribution >= 4 is 24.2 Å². The molecule has 2 aliphatic rings. The number of carbonyl (C=O) groups excluding carboxylic acids is 2. The van der Waals surface area contributed by atoms with Gasteiger partial charge in [-0.15, -0.1) is 11.1 Å². The highest BCUT2D eigenvalue weighted by molar-refractivity contribution is 5.86. The van der Waals surface area contributed by atoms with Crippen LogP contribution in [-0.4, -0.2) is 45.3 Å². The third-order valence-electron chi connectivity index (χ3n) is 4.83. The first-order valence-electron chi connectivity index (χ1n) is 8.90. The van der Waals surface area contributed by atoms with Gasteiger partial charge in [0, 0.05) is 25.7 Å². The van der Waals surface area contributed by atoms with Crippen LogP contribution in [0.5, 0.6) is 0 Å². The highest BCUT2D eigenvalue weighted by Crippen LogP contribution is 2.21. The van der Waals surface area contributed by atoms with E-state index in [4.69, 9.17) is 0 Å². The molecule has 0 aromatic heterocycles. The Balaban J connectivity index is 1.64. The van der Waals surface area contributed by atoms with E-state index in [1.807, 2.05) is 37.7 Å². The van der Waals surface area contributed by atoms with Gasteiger partial charge in [0.2, 0.25) is 0 Å². The molecule has 10 heteroatoms. The fraction of sp³-hybridized carbons (Fsp3) is 0.750. The zero-order valence-corrected chi connectivity index (χ0v) is 16.0. The molecule has 0 fully saturated rings. The molecule has 0 aromatic carbocycles. The van der Waals surface area contributed by atoms with Crippen molar-refractivity contribution in [3.63, 3.8) is 0 Å². The molecular weight excluding hydrogens is 336 g/mol. The first-order valence-corrected chi connectivity index (χ1v) is 8.90. The molecule has 0 unspecified atom stereocenters. The number of hydrazone groups is 2. The van der Waals surface area contributed by atoms with Gasteiger partial charge in [-0.2, -0.15) is 10.2 Å². The summed E-state index contributed by atoms with van der Waals surface area (Å²) in [5.74, 6) is 0.236. The van der Waals surface area contributed by atoms with Gasteiger partial charge in [0.25, 0.3) is 0 Å². The molecule has 0 spiro atoms. The zero-order valence-electron chi connectivity index (χ0n) is 16.0. The third kappa shape index (κ3) is 5.67. The van der Waals surface area contributed by atoms with Crippen molar-refractivity contribution in [1.82, 2.24) is 32.2 Å². The van der Waals surface area contributed by atoms with E-state index in [9.17, 15) is 9.59 Å². The number of hydrogen-bond donors (Lipinski definition) is 4. The minimum Gasteiger partial charge on any atom is -0.300 e. The van der Waals surface area contributed by atoms with Crippen molar-refractivity contribution in [3.05, 3.63) is 0 Å². The van der Waals surface area contributed by atoms with Gasteiger partial charge in [-0.05, 0) is 40.5 Å². The quantitative estimate of drug-likeness (QED) is 0.419. The molecule has 2 aliphatic heterocycles. The number of hydrazine groups is 4. The molecule has 0 bridgehead atoms. The smallest absolute Gasteiger partial charge is 0.133 e. The molecule has 0 saturated carbocycles. The molecule has 0 saturated heterocycles. The number of nitrogens with one attached hydrogen (secondary N) is 4. The molecule has 0 aliphatic carbocycles. The van der Waals surface area contributed by atoms with Crippen LogP contribution in [0.4, 0.5) is 0 Å². The standard InChI is InChI=1S/C16H30N8O2/c1-15(2,23-11-17-19-21-23)9-7-13(25)5-6-14(26)8-10-16(3,4)24-12-18-20-22-24/h11-12,19-22H,5-10H2,1-4H3. The van der Waals surface area contributed by atoms with E-state index < -0.39 is 0 Å². The van der Waals surface area contributed by atoms with E-state index in [2.05, 4.69) is 32.3 Å². The van der Waals surface area contributed by atoms with Crippen molar-refractivity contribution in [3.8, 4) is 0 Å². The summed E-state index contributed by atoms with van der Waals surface area (Å²) in [6.45, 7) is 8.13. The Morgan fingerprint density at radius 1 is 0.769 bits per heavy atom. The summed E-state index contributed by atoms with van der Waals surface area (Å²) in [7, 11) is 0. The highest BCUT2D eigenvalue weighted by Gasteiger charge is 2.29. The van der Waals surface area contributed by atoms with Gasteiger partial charge < -0.3 is 0 Å². The molecule has 0 atom stereocenters. The van der Waals surface area contributed by atoms with Gasteiger partial charge >= 0.3 is 0 Å². The molecule has 2 heterocycles. The number of carbonyl (C=O) groups is 2. The van der Waals surface area contributed by atoms with Gasteiger partial charge in [-0.1, -0.05) is 0 Å². The predicted octanol–water partition coefficient (Wildman–Crippen LogP) is 0.559. The van der Waals surface area contributed by atoms with Crippen LogP contribution in [0, 0.1) is 0 Å². The van der Waals surface area contributed by atoms with E-state index in [-0.39, 0.29) is 22.6 Å². The van der Waals surface area contributed by atoms with E-state index in [0.717, 1.165) is 0 Å². The van der Waals surface area contributed by atoms with Crippen LogP contribution in [0.1, 0.15) is 66.2 Å². The Morgan fingerprint density at radius 2 is 1.15 bits per heavy atom. The van der Waals surface area contributed by atoms with Crippen LogP contribution in [-0.2, 0) is 9.59 Å². The molecule has 0 radical (unpaired) electrons. The fourth-order valence-corrected chi connectivity index (χ4v) is 2.67. The van der Waals surface area contributed by atoms with Crippen molar-refractivity contribution in [1.29, 1.82) is 0 Å². The van der Waals surface area contributed by atoms with Gasteiger partial charge in [-0.3, -0.25) is 19.6 Å². The lowest BCUT2D eigenvalue weighted by molar-refractivity contribution is -0.124. The first kappa shape index (κ1) is 20.1. The molecule has 10 nitrogen and oxygen atoms in total.